The first-order chi connectivity index (χ1) is 3.89. The van der Waals surface area contributed by atoms with Crippen LogP contribution in [0.4, 0.5) is 0 Å². The van der Waals surface area contributed by atoms with E-state index >= 15 is 0 Å². The van der Waals surface area contributed by atoms with Gasteiger partial charge in [0.1, 0.15) is 0 Å². The molecular formula is C7H14Se. The molecule has 0 spiro atoms. The van der Waals surface area contributed by atoms with Crippen molar-refractivity contribution in [3.05, 3.63) is 0 Å². The second kappa shape index (κ2) is 3.53. The van der Waals surface area contributed by atoms with Crippen LogP contribution in [0.25, 0.3) is 0 Å². The summed E-state index contributed by atoms with van der Waals surface area (Å²) in [6, 6.07) is 0. The molecule has 1 aliphatic rings. The van der Waals surface area contributed by atoms with E-state index < -0.39 is 0 Å². The van der Waals surface area contributed by atoms with E-state index in [4.69, 9.17) is 0 Å². The Labute approximate surface area is 59.9 Å². The van der Waals surface area contributed by atoms with Crippen LogP contribution >= 0.6 is 0 Å². The predicted molar refractivity (Wildman–Crippen MR) is 38.6 cm³/mol. The fourth-order valence-electron chi connectivity index (χ4n) is 1.26. The molecule has 1 rings (SSSR count). The van der Waals surface area contributed by atoms with Gasteiger partial charge in [0.25, 0.3) is 0 Å². The summed E-state index contributed by atoms with van der Waals surface area (Å²) in [4.78, 5) is 0.963. The third-order valence-corrected chi connectivity index (χ3v) is 2.91. The second-order valence-electron chi connectivity index (χ2n) is 2.65. The normalized spacial score (nSPS) is 25.1. The molecule has 0 amide bonds. The molecule has 1 fully saturated rings. The molecule has 0 aliphatic heterocycles. The van der Waals surface area contributed by atoms with Crippen molar-refractivity contribution >= 4 is 16.0 Å². The molecule has 0 radical (unpaired) electrons. The van der Waals surface area contributed by atoms with Gasteiger partial charge in [0, 0.05) is 0 Å². The Bertz CT molecular complexity index is 53.4. The SMILES string of the molecule is [SeH]C1CCCCCC1. The first-order valence-corrected chi connectivity index (χ1v) is 4.66. The van der Waals surface area contributed by atoms with E-state index in [1.165, 1.54) is 38.5 Å². The molecule has 0 nitrogen and oxygen atoms in total. The van der Waals surface area contributed by atoms with E-state index in [9.17, 15) is 0 Å². The maximum atomic E-state index is 2.80. The first kappa shape index (κ1) is 6.64. The van der Waals surface area contributed by atoms with Crippen molar-refractivity contribution in [1.82, 2.24) is 0 Å². The summed E-state index contributed by atoms with van der Waals surface area (Å²) < 4.78 is 0. The van der Waals surface area contributed by atoms with Gasteiger partial charge < -0.3 is 0 Å². The van der Waals surface area contributed by atoms with Crippen molar-refractivity contribution in [1.29, 1.82) is 0 Å². The third-order valence-electron chi connectivity index (χ3n) is 1.82. The van der Waals surface area contributed by atoms with Crippen LogP contribution in [-0.2, 0) is 0 Å². The predicted octanol–water partition coefficient (Wildman–Crippen LogP) is 2.03. The summed E-state index contributed by atoms with van der Waals surface area (Å²) in [6.07, 6.45) is 8.82. The van der Waals surface area contributed by atoms with Crippen LogP contribution in [0.3, 0.4) is 0 Å². The minimum absolute atomic E-state index is 0.963. The molecular weight excluding hydrogens is 163 g/mol. The monoisotopic (exact) mass is 178 g/mol. The first-order valence-electron chi connectivity index (χ1n) is 3.57. The van der Waals surface area contributed by atoms with Gasteiger partial charge in [-0.25, -0.2) is 0 Å². The molecule has 0 unspecified atom stereocenters. The van der Waals surface area contributed by atoms with Crippen molar-refractivity contribution in [2.45, 2.75) is 43.3 Å². The van der Waals surface area contributed by atoms with E-state index in [1.807, 2.05) is 0 Å². The van der Waals surface area contributed by atoms with Gasteiger partial charge in [0.15, 0.2) is 0 Å². The van der Waals surface area contributed by atoms with Gasteiger partial charge in [0.05, 0.1) is 0 Å². The van der Waals surface area contributed by atoms with Gasteiger partial charge in [0.2, 0.25) is 0 Å². The van der Waals surface area contributed by atoms with Crippen LogP contribution in [-0.4, -0.2) is 16.0 Å². The molecule has 0 N–H and O–H groups in total. The molecule has 1 saturated carbocycles. The Hall–Kier alpha value is 0.519. The van der Waals surface area contributed by atoms with Gasteiger partial charge >= 0.3 is 59.4 Å². The molecule has 48 valence electrons. The van der Waals surface area contributed by atoms with Crippen molar-refractivity contribution < 1.29 is 0 Å². The summed E-state index contributed by atoms with van der Waals surface area (Å²) in [5.41, 5.74) is 0. The standard InChI is InChI=1S/C7H14Se/c8-7-5-3-1-2-4-6-7/h7-8H,1-6H2. The van der Waals surface area contributed by atoms with Gasteiger partial charge in [-0.05, 0) is 0 Å². The zero-order valence-electron chi connectivity index (χ0n) is 5.27. The Kier molecular flexibility index (Phi) is 2.93. The Balaban J connectivity index is 2.17. The Morgan fingerprint density at radius 1 is 0.875 bits per heavy atom. The zero-order valence-corrected chi connectivity index (χ0v) is 7.14. The van der Waals surface area contributed by atoms with Crippen LogP contribution < -0.4 is 0 Å². The number of hydrogen-bond donors (Lipinski definition) is 0. The minimum atomic E-state index is 0.963. The summed E-state index contributed by atoms with van der Waals surface area (Å²) in [6.45, 7) is 0. The van der Waals surface area contributed by atoms with Crippen LogP contribution in [0.1, 0.15) is 38.5 Å². The topological polar surface area (TPSA) is 0 Å². The molecule has 0 aromatic carbocycles. The number of rotatable bonds is 0. The molecule has 1 heteroatoms. The average Bonchev–Trinajstić information content (AvgIpc) is 1.94. The van der Waals surface area contributed by atoms with Crippen molar-refractivity contribution in [2.24, 2.45) is 0 Å². The van der Waals surface area contributed by atoms with E-state index in [0.29, 0.717) is 0 Å². The second-order valence-corrected chi connectivity index (χ2v) is 4.18. The van der Waals surface area contributed by atoms with Gasteiger partial charge in [-0.2, -0.15) is 0 Å². The molecule has 0 aromatic rings. The van der Waals surface area contributed by atoms with Crippen LogP contribution in [0.2, 0.25) is 4.82 Å². The molecule has 0 heterocycles. The van der Waals surface area contributed by atoms with Crippen LogP contribution in [0.5, 0.6) is 0 Å². The van der Waals surface area contributed by atoms with E-state index in [2.05, 4.69) is 16.0 Å². The van der Waals surface area contributed by atoms with Crippen molar-refractivity contribution in [3.63, 3.8) is 0 Å². The molecule has 0 saturated heterocycles. The number of hydrogen-bond acceptors (Lipinski definition) is 0. The molecule has 8 heavy (non-hydrogen) atoms. The van der Waals surface area contributed by atoms with Crippen molar-refractivity contribution in [3.8, 4) is 0 Å². The molecule has 1 aliphatic carbocycles. The van der Waals surface area contributed by atoms with E-state index in [1.54, 1.807) is 0 Å². The van der Waals surface area contributed by atoms with Gasteiger partial charge in [-0.15, -0.1) is 0 Å². The fourth-order valence-corrected chi connectivity index (χ4v) is 2.02. The maximum absolute atomic E-state index is 2.80. The summed E-state index contributed by atoms with van der Waals surface area (Å²) in [5, 5.41) is 0. The molecule has 0 aromatic heterocycles. The van der Waals surface area contributed by atoms with E-state index in [-0.39, 0.29) is 0 Å². The third kappa shape index (κ3) is 2.19. The zero-order chi connectivity index (χ0) is 5.82. The summed E-state index contributed by atoms with van der Waals surface area (Å²) in [5.74, 6) is 0. The molecule has 0 atom stereocenters. The summed E-state index contributed by atoms with van der Waals surface area (Å²) >= 11 is 2.80. The van der Waals surface area contributed by atoms with Gasteiger partial charge in [-0.3, -0.25) is 0 Å². The Morgan fingerprint density at radius 2 is 1.38 bits per heavy atom. The van der Waals surface area contributed by atoms with Gasteiger partial charge in [-0.1, -0.05) is 0 Å². The van der Waals surface area contributed by atoms with Crippen molar-refractivity contribution in [2.75, 3.05) is 0 Å². The quantitative estimate of drug-likeness (QED) is 0.392. The van der Waals surface area contributed by atoms with E-state index in [0.717, 1.165) is 4.82 Å². The summed E-state index contributed by atoms with van der Waals surface area (Å²) in [7, 11) is 0. The van der Waals surface area contributed by atoms with Crippen LogP contribution in [0.15, 0.2) is 0 Å². The fraction of sp³-hybridized carbons (Fsp3) is 1.00. The average molecular weight is 177 g/mol. The van der Waals surface area contributed by atoms with Crippen LogP contribution in [0, 0.1) is 0 Å². The Morgan fingerprint density at radius 3 is 1.88 bits per heavy atom. The molecule has 0 bridgehead atoms.